The lowest BCUT2D eigenvalue weighted by Crippen LogP contribution is -2.35. The molecule has 2 aromatic rings. The predicted molar refractivity (Wildman–Crippen MR) is 90.4 cm³/mol. The fourth-order valence-electron chi connectivity index (χ4n) is 2.21. The first kappa shape index (κ1) is 19.0. The zero-order valence-corrected chi connectivity index (χ0v) is 14.3. The molecule has 2 rings (SSSR count). The molecular formula is C17H17F3N2O2S. The zero-order chi connectivity index (χ0) is 18.4. The predicted octanol–water partition coefficient (Wildman–Crippen LogP) is 3.80. The first-order valence-electron chi connectivity index (χ1n) is 7.50. The van der Waals surface area contributed by atoms with E-state index in [1.165, 1.54) is 41.5 Å². The number of nitrogens with one attached hydrogen (secondary N) is 1. The highest BCUT2D eigenvalue weighted by Gasteiger charge is 2.33. The lowest BCUT2D eigenvalue weighted by molar-refractivity contribution is -0.137. The van der Waals surface area contributed by atoms with Gasteiger partial charge >= 0.3 is 6.18 Å². The fraction of sp³-hybridized carbons (Fsp3) is 0.294. The van der Waals surface area contributed by atoms with Gasteiger partial charge in [-0.2, -0.15) is 13.2 Å². The number of hydrogen-bond donors (Lipinski definition) is 1. The first-order chi connectivity index (χ1) is 11.8. The van der Waals surface area contributed by atoms with Gasteiger partial charge in [0.1, 0.15) is 0 Å². The third-order valence-electron chi connectivity index (χ3n) is 3.48. The number of likely N-dealkylation sites (N-methyl/N-ethyl adjacent to an activating group) is 1. The monoisotopic (exact) mass is 370 g/mol. The Labute approximate surface area is 147 Å². The van der Waals surface area contributed by atoms with Crippen molar-refractivity contribution in [3.8, 4) is 0 Å². The molecule has 0 aliphatic carbocycles. The summed E-state index contributed by atoms with van der Waals surface area (Å²) in [7, 11) is 1.45. The van der Waals surface area contributed by atoms with Crippen molar-refractivity contribution >= 4 is 28.8 Å². The van der Waals surface area contributed by atoms with E-state index < -0.39 is 17.6 Å². The molecule has 25 heavy (non-hydrogen) atoms. The van der Waals surface area contributed by atoms with Crippen molar-refractivity contribution in [2.45, 2.75) is 19.0 Å². The smallest absolute Gasteiger partial charge is 0.336 e. The third kappa shape index (κ3) is 5.60. The number of halogens is 3. The van der Waals surface area contributed by atoms with Crippen LogP contribution in [0.15, 0.2) is 41.8 Å². The summed E-state index contributed by atoms with van der Waals surface area (Å²) < 4.78 is 38.7. The minimum atomic E-state index is -4.56. The molecule has 0 unspecified atom stereocenters. The SMILES string of the molecule is CN(CC(=O)Nc1ccccc1C(F)(F)F)C(=O)CCc1cccs1. The van der Waals surface area contributed by atoms with Crippen LogP contribution < -0.4 is 5.32 Å². The van der Waals surface area contributed by atoms with Crippen molar-refractivity contribution < 1.29 is 22.8 Å². The van der Waals surface area contributed by atoms with Gasteiger partial charge in [-0.25, -0.2) is 0 Å². The lowest BCUT2D eigenvalue weighted by atomic mass is 10.1. The number of thiophene rings is 1. The Bertz CT molecular complexity index is 730. The number of amides is 2. The van der Waals surface area contributed by atoms with Gasteiger partial charge < -0.3 is 10.2 Å². The highest BCUT2D eigenvalue weighted by molar-refractivity contribution is 7.09. The molecule has 1 N–H and O–H groups in total. The van der Waals surface area contributed by atoms with E-state index in [9.17, 15) is 22.8 Å². The minimum Gasteiger partial charge on any atom is -0.336 e. The molecule has 2 amide bonds. The molecule has 0 aliphatic heterocycles. The molecule has 0 aliphatic rings. The highest BCUT2D eigenvalue weighted by atomic mass is 32.1. The molecular weight excluding hydrogens is 353 g/mol. The number of rotatable bonds is 6. The molecule has 134 valence electrons. The maximum Gasteiger partial charge on any atom is 0.418 e. The Morgan fingerprint density at radius 1 is 1.16 bits per heavy atom. The molecule has 1 aromatic heterocycles. The fourth-order valence-corrected chi connectivity index (χ4v) is 2.92. The van der Waals surface area contributed by atoms with E-state index in [0.29, 0.717) is 6.42 Å². The van der Waals surface area contributed by atoms with Gasteiger partial charge in [0.25, 0.3) is 0 Å². The van der Waals surface area contributed by atoms with Gasteiger partial charge in [-0.3, -0.25) is 9.59 Å². The number of nitrogens with zero attached hydrogens (tertiary/aromatic N) is 1. The van der Waals surface area contributed by atoms with Gasteiger partial charge in [0.15, 0.2) is 0 Å². The number of aryl methyl sites for hydroxylation is 1. The molecule has 0 bridgehead atoms. The lowest BCUT2D eigenvalue weighted by Gasteiger charge is -2.18. The Morgan fingerprint density at radius 3 is 2.52 bits per heavy atom. The van der Waals surface area contributed by atoms with Crippen molar-refractivity contribution in [1.29, 1.82) is 0 Å². The standard InChI is InChI=1S/C17H17F3N2O2S/c1-22(16(24)9-8-12-5-4-10-25-12)11-15(23)21-14-7-3-2-6-13(14)17(18,19)20/h2-7,10H,8-9,11H2,1H3,(H,21,23). The van der Waals surface area contributed by atoms with Gasteiger partial charge in [-0.05, 0) is 30.0 Å². The van der Waals surface area contributed by atoms with Crippen LogP contribution in [0, 0.1) is 0 Å². The van der Waals surface area contributed by atoms with Gasteiger partial charge in [0.2, 0.25) is 11.8 Å². The number of anilines is 1. The van der Waals surface area contributed by atoms with E-state index in [-0.39, 0.29) is 24.6 Å². The molecule has 0 fully saturated rings. The summed E-state index contributed by atoms with van der Waals surface area (Å²) in [5, 5.41) is 4.13. The molecule has 0 spiro atoms. The van der Waals surface area contributed by atoms with Crippen molar-refractivity contribution in [1.82, 2.24) is 4.90 Å². The normalized spacial score (nSPS) is 11.2. The second kappa shape index (κ2) is 8.15. The first-order valence-corrected chi connectivity index (χ1v) is 8.38. The van der Waals surface area contributed by atoms with Crippen LogP contribution in [0.2, 0.25) is 0 Å². The molecule has 4 nitrogen and oxygen atoms in total. The van der Waals surface area contributed by atoms with Gasteiger partial charge in [-0.15, -0.1) is 11.3 Å². The number of carbonyl (C=O) groups excluding carboxylic acids is 2. The topological polar surface area (TPSA) is 49.4 Å². The number of hydrogen-bond acceptors (Lipinski definition) is 3. The van der Waals surface area contributed by atoms with E-state index in [1.54, 1.807) is 0 Å². The highest BCUT2D eigenvalue weighted by Crippen LogP contribution is 2.34. The van der Waals surface area contributed by atoms with Crippen LogP contribution in [-0.4, -0.2) is 30.3 Å². The second-order valence-electron chi connectivity index (χ2n) is 5.42. The summed E-state index contributed by atoms with van der Waals surface area (Å²) in [6, 6.07) is 8.53. The zero-order valence-electron chi connectivity index (χ0n) is 13.5. The second-order valence-corrected chi connectivity index (χ2v) is 6.45. The van der Waals surface area contributed by atoms with Crippen LogP contribution in [0.5, 0.6) is 0 Å². The average molecular weight is 370 g/mol. The molecule has 0 saturated heterocycles. The summed E-state index contributed by atoms with van der Waals surface area (Å²) in [4.78, 5) is 26.3. The van der Waals surface area contributed by atoms with Gasteiger partial charge in [-0.1, -0.05) is 18.2 Å². The summed E-state index contributed by atoms with van der Waals surface area (Å²) in [6.45, 7) is -0.310. The van der Waals surface area contributed by atoms with Crippen LogP contribution in [0.4, 0.5) is 18.9 Å². The maximum absolute atomic E-state index is 12.9. The van der Waals surface area contributed by atoms with E-state index in [0.717, 1.165) is 10.9 Å². The van der Waals surface area contributed by atoms with E-state index in [4.69, 9.17) is 0 Å². The Balaban J connectivity index is 1.90. The van der Waals surface area contributed by atoms with Crippen LogP contribution in [0.25, 0.3) is 0 Å². The number of para-hydroxylation sites is 1. The van der Waals surface area contributed by atoms with Crippen LogP contribution in [0.1, 0.15) is 16.9 Å². The average Bonchev–Trinajstić information content (AvgIpc) is 3.05. The summed E-state index contributed by atoms with van der Waals surface area (Å²) in [5.41, 5.74) is -1.24. The molecule has 0 atom stereocenters. The van der Waals surface area contributed by atoms with Crippen molar-refractivity contribution in [2.75, 3.05) is 18.9 Å². The Kier molecular flexibility index (Phi) is 6.19. The molecule has 8 heteroatoms. The number of carbonyl (C=O) groups is 2. The molecule has 0 saturated carbocycles. The Hall–Kier alpha value is -2.35. The largest absolute Gasteiger partial charge is 0.418 e. The maximum atomic E-state index is 12.9. The van der Waals surface area contributed by atoms with Crippen molar-refractivity contribution in [2.24, 2.45) is 0 Å². The van der Waals surface area contributed by atoms with Crippen molar-refractivity contribution in [3.63, 3.8) is 0 Å². The number of alkyl halides is 3. The quantitative estimate of drug-likeness (QED) is 0.841. The van der Waals surface area contributed by atoms with E-state index in [2.05, 4.69) is 5.32 Å². The van der Waals surface area contributed by atoms with Gasteiger partial charge in [0.05, 0.1) is 17.8 Å². The molecule has 1 heterocycles. The summed E-state index contributed by atoms with van der Waals surface area (Å²) >= 11 is 1.54. The van der Waals surface area contributed by atoms with E-state index >= 15 is 0 Å². The minimum absolute atomic E-state index is 0.240. The Morgan fingerprint density at radius 2 is 1.88 bits per heavy atom. The third-order valence-corrected chi connectivity index (χ3v) is 4.41. The van der Waals surface area contributed by atoms with Crippen LogP contribution in [-0.2, 0) is 22.2 Å². The summed E-state index contributed by atoms with van der Waals surface area (Å²) in [6.07, 6.45) is -3.75. The van der Waals surface area contributed by atoms with E-state index in [1.807, 2.05) is 17.5 Å². The number of benzene rings is 1. The van der Waals surface area contributed by atoms with Crippen LogP contribution in [0.3, 0.4) is 0 Å². The molecule has 0 radical (unpaired) electrons. The molecule has 1 aromatic carbocycles. The summed E-state index contributed by atoms with van der Waals surface area (Å²) in [5.74, 6) is -0.920. The van der Waals surface area contributed by atoms with Gasteiger partial charge in [0, 0.05) is 18.3 Å². The van der Waals surface area contributed by atoms with Crippen molar-refractivity contribution in [3.05, 3.63) is 52.2 Å². The van der Waals surface area contributed by atoms with Crippen LogP contribution >= 0.6 is 11.3 Å².